The van der Waals surface area contributed by atoms with E-state index in [1.165, 1.54) is 24.3 Å². The SMILES string of the molecule is Cl.NCCCN(Cc1ccccc1)C(=O)CCCNC(=O)c1ccc(F)cc1. The molecule has 0 heterocycles. The zero-order valence-electron chi connectivity index (χ0n) is 15.8. The van der Waals surface area contributed by atoms with Crippen LogP contribution in [0.4, 0.5) is 4.39 Å². The predicted molar refractivity (Wildman–Crippen MR) is 111 cm³/mol. The summed E-state index contributed by atoms with van der Waals surface area (Å²) in [6.45, 7) is 2.10. The molecule has 0 aromatic heterocycles. The number of amides is 2. The summed E-state index contributed by atoms with van der Waals surface area (Å²) in [4.78, 5) is 26.3. The Morgan fingerprint density at radius 1 is 1.00 bits per heavy atom. The van der Waals surface area contributed by atoms with Gasteiger partial charge in [0.25, 0.3) is 5.91 Å². The summed E-state index contributed by atoms with van der Waals surface area (Å²) < 4.78 is 12.9. The van der Waals surface area contributed by atoms with Gasteiger partial charge in [0.05, 0.1) is 0 Å². The number of carbonyl (C=O) groups excluding carboxylic acids is 2. The van der Waals surface area contributed by atoms with E-state index in [0.717, 1.165) is 12.0 Å². The number of carbonyl (C=O) groups is 2. The maximum absolute atomic E-state index is 12.9. The molecule has 2 rings (SSSR count). The second-order valence-electron chi connectivity index (χ2n) is 6.31. The van der Waals surface area contributed by atoms with Crippen LogP contribution in [0, 0.1) is 5.82 Å². The molecular weight excluding hydrogens is 381 g/mol. The molecule has 0 bridgehead atoms. The van der Waals surface area contributed by atoms with Crippen molar-refractivity contribution in [3.8, 4) is 0 Å². The van der Waals surface area contributed by atoms with Crippen LogP contribution in [0.1, 0.15) is 35.2 Å². The van der Waals surface area contributed by atoms with Gasteiger partial charge in [-0.15, -0.1) is 12.4 Å². The minimum Gasteiger partial charge on any atom is -0.352 e. The monoisotopic (exact) mass is 407 g/mol. The van der Waals surface area contributed by atoms with Gasteiger partial charge in [-0.05, 0) is 49.2 Å². The molecule has 7 heteroatoms. The molecule has 0 fully saturated rings. The van der Waals surface area contributed by atoms with Crippen molar-refractivity contribution in [1.82, 2.24) is 10.2 Å². The minimum atomic E-state index is -0.381. The Hall–Kier alpha value is -2.44. The molecule has 5 nitrogen and oxygen atoms in total. The molecule has 0 unspecified atom stereocenters. The van der Waals surface area contributed by atoms with Gasteiger partial charge in [0.1, 0.15) is 5.82 Å². The molecule has 0 aliphatic carbocycles. The zero-order valence-corrected chi connectivity index (χ0v) is 16.6. The number of hydrogen-bond donors (Lipinski definition) is 2. The Balaban J connectivity index is 0.00000392. The predicted octanol–water partition coefficient (Wildman–Crippen LogP) is 3.14. The summed E-state index contributed by atoms with van der Waals surface area (Å²) in [7, 11) is 0. The molecule has 0 spiro atoms. The van der Waals surface area contributed by atoms with Crippen LogP contribution in [0.15, 0.2) is 54.6 Å². The third kappa shape index (κ3) is 8.06. The topological polar surface area (TPSA) is 75.4 Å². The third-order valence-corrected chi connectivity index (χ3v) is 4.16. The van der Waals surface area contributed by atoms with Gasteiger partial charge in [-0.1, -0.05) is 30.3 Å². The lowest BCUT2D eigenvalue weighted by Crippen LogP contribution is -2.33. The highest BCUT2D eigenvalue weighted by Gasteiger charge is 2.13. The lowest BCUT2D eigenvalue weighted by atomic mass is 10.2. The first-order valence-electron chi connectivity index (χ1n) is 9.15. The molecule has 0 saturated carbocycles. The maximum Gasteiger partial charge on any atom is 0.251 e. The largest absolute Gasteiger partial charge is 0.352 e. The van der Waals surface area contributed by atoms with E-state index in [-0.39, 0.29) is 30.0 Å². The van der Waals surface area contributed by atoms with E-state index < -0.39 is 0 Å². The summed E-state index contributed by atoms with van der Waals surface area (Å²) in [5, 5.41) is 2.75. The number of benzene rings is 2. The minimum absolute atomic E-state index is 0. The first-order chi connectivity index (χ1) is 13.1. The molecule has 28 heavy (non-hydrogen) atoms. The molecule has 3 N–H and O–H groups in total. The van der Waals surface area contributed by atoms with Crippen molar-refractivity contribution >= 4 is 24.2 Å². The van der Waals surface area contributed by atoms with Crippen molar-refractivity contribution in [2.45, 2.75) is 25.8 Å². The summed E-state index contributed by atoms with van der Waals surface area (Å²) in [6, 6.07) is 15.2. The molecule has 152 valence electrons. The Labute approximate surface area is 171 Å². The standard InChI is InChI=1S/C21H26FN3O2.ClH/c22-19-11-9-18(10-12-19)21(27)24-14-4-8-20(26)25(15-5-13-23)16-17-6-2-1-3-7-17;/h1-3,6-7,9-12H,4-5,8,13-16,23H2,(H,24,27);1H. The van der Waals surface area contributed by atoms with Crippen LogP contribution in [0.5, 0.6) is 0 Å². The number of halogens is 2. The van der Waals surface area contributed by atoms with E-state index in [0.29, 0.717) is 44.6 Å². The van der Waals surface area contributed by atoms with Crippen molar-refractivity contribution in [3.05, 3.63) is 71.5 Å². The second-order valence-corrected chi connectivity index (χ2v) is 6.31. The smallest absolute Gasteiger partial charge is 0.251 e. The Bertz CT molecular complexity index is 726. The third-order valence-electron chi connectivity index (χ3n) is 4.16. The van der Waals surface area contributed by atoms with Gasteiger partial charge in [-0.2, -0.15) is 0 Å². The summed E-state index contributed by atoms with van der Waals surface area (Å²) in [5.74, 6) is -0.608. The summed E-state index contributed by atoms with van der Waals surface area (Å²) in [5.41, 5.74) is 7.06. The van der Waals surface area contributed by atoms with E-state index in [9.17, 15) is 14.0 Å². The summed E-state index contributed by atoms with van der Waals surface area (Å²) >= 11 is 0. The van der Waals surface area contributed by atoms with Crippen molar-refractivity contribution in [2.24, 2.45) is 5.73 Å². The van der Waals surface area contributed by atoms with Crippen LogP contribution in [-0.2, 0) is 11.3 Å². The fraction of sp³-hybridized carbons (Fsp3) is 0.333. The van der Waals surface area contributed by atoms with E-state index in [1.54, 1.807) is 0 Å². The normalized spacial score (nSPS) is 10.1. The van der Waals surface area contributed by atoms with Gasteiger partial charge in [-0.3, -0.25) is 9.59 Å². The second kappa shape index (κ2) is 12.9. The molecule has 0 aliphatic heterocycles. The molecule has 2 aromatic rings. The van der Waals surface area contributed by atoms with E-state index >= 15 is 0 Å². The first kappa shape index (κ1) is 23.6. The number of nitrogens with zero attached hydrogens (tertiary/aromatic N) is 1. The quantitative estimate of drug-likeness (QED) is 0.594. The zero-order chi connectivity index (χ0) is 19.5. The van der Waals surface area contributed by atoms with Crippen molar-refractivity contribution in [2.75, 3.05) is 19.6 Å². The number of rotatable bonds is 10. The number of hydrogen-bond acceptors (Lipinski definition) is 3. The van der Waals surface area contributed by atoms with Gasteiger partial charge in [0.2, 0.25) is 5.91 Å². The van der Waals surface area contributed by atoms with Crippen LogP contribution in [0.2, 0.25) is 0 Å². The lowest BCUT2D eigenvalue weighted by molar-refractivity contribution is -0.132. The summed E-state index contributed by atoms with van der Waals surface area (Å²) in [6.07, 6.45) is 1.64. The fourth-order valence-corrected chi connectivity index (χ4v) is 2.68. The fourth-order valence-electron chi connectivity index (χ4n) is 2.68. The molecule has 0 saturated heterocycles. The lowest BCUT2D eigenvalue weighted by Gasteiger charge is -2.23. The average molecular weight is 408 g/mol. The van der Waals surface area contributed by atoms with E-state index in [1.807, 2.05) is 35.2 Å². The highest BCUT2D eigenvalue weighted by Crippen LogP contribution is 2.08. The Morgan fingerprint density at radius 3 is 2.32 bits per heavy atom. The van der Waals surface area contributed by atoms with Crippen molar-refractivity contribution in [3.63, 3.8) is 0 Å². The van der Waals surface area contributed by atoms with Gasteiger partial charge in [0.15, 0.2) is 0 Å². The Kier molecular flexibility index (Phi) is 10.8. The average Bonchev–Trinajstić information content (AvgIpc) is 2.69. The number of nitrogens with one attached hydrogen (secondary N) is 1. The van der Waals surface area contributed by atoms with Gasteiger partial charge in [0, 0.05) is 31.6 Å². The first-order valence-corrected chi connectivity index (χ1v) is 9.15. The van der Waals surface area contributed by atoms with Gasteiger partial charge < -0.3 is 16.0 Å². The highest BCUT2D eigenvalue weighted by molar-refractivity contribution is 5.94. The molecule has 0 atom stereocenters. The van der Waals surface area contributed by atoms with Crippen LogP contribution >= 0.6 is 12.4 Å². The van der Waals surface area contributed by atoms with Gasteiger partial charge >= 0.3 is 0 Å². The van der Waals surface area contributed by atoms with Crippen LogP contribution in [0.25, 0.3) is 0 Å². The molecule has 0 radical (unpaired) electrons. The van der Waals surface area contributed by atoms with Crippen LogP contribution in [-0.4, -0.2) is 36.3 Å². The van der Waals surface area contributed by atoms with E-state index in [4.69, 9.17) is 5.73 Å². The number of nitrogens with two attached hydrogens (primary N) is 1. The van der Waals surface area contributed by atoms with Crippen LogP contribution in [0.3, 0.4) is 0 Å². The van der Waals surface area contributed by atoms with E-state index in [2.05, 4.69) is 5.32 Å². The van der Waals surface area contributed by atoms with Crippen LogP contribution < -0.4 is 11.1 Å². The Morgan fingerprint density at radius 2 is 1.68 bits per heavy atom. The molecule has 2 aromatic carbocycles. The maximum atomic E-state index is 12.9. The van der Waals surface area contributed by atoms with Crippen molar-refractivity contribution in [1.29, 1.82) is 0 Å². The highest BCUT2D eigenvalue weighted by atomic mass is 35.5. The van der Waals surface area contributed by atoms with Crippen molar-refractivity contribution < 1.29 is 14.0 Å². The van der Waals surface area contributed by atoms with Gasteiger partial charge in [-0.25, -0.2) is 4.39 Å². The molecule has 0 aliphatic rings. The molecular formula is C21H27ClFN3O2. The molecule has 2 amide bonds.